The Balaban J connectivity index is 1.66. The number of hydrogen-bond donors (Lipinski definition) is 2. The van der Waals surface area contributed by atoms with Crippen molar-refractivity contribution in [1.29, 1.82) is 0 Å². The van der Waals surface area contributed by atoms with Crippen molar-refractivity contribution >= 4 is 29.3 Å². The van der Waals surface area contributed by atoms with Gasteiger partial charge in [-0.2, -0.15) is 4.98 Å². The number of aromatic nitrogens is 2. The number of halogens is 1. The monoisotopic (exact) mass is 405 g/mol. The third-order valence-electron chi connectivity index (χ3n) is 5.08. The van der Waals surface area contributed by atoms with Gasteiger partial charge in [-0.25, -0.2) is 9.37 Å². The molecule has 0 atom stereocenters. The molecule has 1 aliphatic rings. The van der Waals surface area contributed by atoms with Gasteiger partial charge in [-0.3, -0.25) is 14.5 Å². The average Bonchev–Trinajstić information content (AvgIpc) is 3.57. The molecule has 2 aromatic carbocycles. The molecule has 0 aliphatic heterocycles. The summed E-state index contributed by atoms with van der Waals surface area (Å²) < 4.78 is 13.4. The van der Waals surface area contributed by atoms with Crippen molar-refractivity contribution in [3.05, 3.63) is 78.2 Å². The SMILES string of the molecule is NC(=O)C1(C(=O)N(c2ccc(F)cc2)c2ccnc(NCc3ccccc3)n2)CC1. The highest BCUT2D eigenvalue weighted by molar-refractivity contribution is 6.16. The van der Waals surface area contributed by atoms with Crippen LogP contribution in [0.3, 0.4) is 0 Å². The second-order valence-corrected chi connectivity index (χ2v) is 7.14. The Morgan fingerprint density at radius 3 is 2.40 bits per heavy atom. The summed E-state index contributed by atoms with van der Waals surface area (Å²) in [5.74, 6) is -0.995. The van der Waals surface area contributed by atoms with Crippen LogP contribution in [0.2, 0.25) is 0 Å². The Kier molecular flexibility index (Phi) is 5.14. The van der Waals surface area contributed by atoms with Gasteiger partial charge in [-0.15, -0.1) is 0 Å². The molecule has 0 radical (unpaired) electrons. The predicted octanol–water partition coefficient (Wildman–Crippen LogP) is 3.16. The Morgan fingerprint density at radius 1 is 1.07 bits per heavy atom. The first-order chi connectivity index (χ1) is 14.5. The van der Waals surface area contributed by atoms with E-state index >= 15 is 0 Å². The van der Waals surface area contributed by atoms with E-state index in [0.29, 0.717) is 31.0 Å². The number of hydrogen-bond acceptors (Lipinski definition) is 5. The van der Waals surface area contributed by atoms with Crippen molar-refractivity contribution in [2.24, 2.45) is 11.1 Å². The van der Waals surface area contributed by atoms with Gasteiger partial charge in [0.2, 0.25) is 17.8 Å². The minimum absolute atomic E-state index is 0.268. The van der Waals surface area contributed by atoms with Crippen molar-refractivity contribution in [3.8, 4) is 0 Å². The van der Waals surface area contributed by atoms with Gasteiger partial charge < -0.3 is 11.1 Å². The fourth-order valence-corrected chi connectivity index (χ4v) is 3.18. The Labute approximate surface area is 172 Å². The van der Waals surface area contributed by atoms with Crippen LogP contribution < -0.4 is 16.0 Å². The van der Waals surface area contributed by atoms with Gasteiger partial charge in [0, 0.05) is 18.8 Å². The van der Waals surface area contributed by atoms with Crippen LogP contribution in [0.15, 0.2) is 66.9 Å². The first-order valence-electron chi connectivity index (χ1n) is 9.50. The van der Waals surface area contributed by atoms with Crippen molar-refractivity contribution in [2.45, 2.75) is 19.4 Å². The molecule has 1 fully saturated rings. The molecule has 30 heavy (non-hydrogen) atoms. The van der Waals surface area contributed by atoms with Crippen LogP contribution in [0, 0.1) is 11.2 Å². The van der Waals surface area contributed by atoms with Gasteiger partial charge in [0.05, 0.1) is 5.69 Å². The Bertz CT molecular complexity index is 1070. The van der Waals surface area contributed by atoms with Gasteiger partial charge in [0.25, 0.3) is 0 Å². The molecule has 152 valence electrons. The lowest BCUT2D eigenvalue weighted by molar-refractivity contribution is -0.133. The van der Waals surface area contributed by atoms with Crippen LogP contribution in [-0.4, -0.2) is 21.8 Å². The fourth-order valence-electron chi connectivity index (χ4n) is 3.18. The van der Waals surface area contributed by atoms with E-state index < -0.39 is 23.0 Å². The molecule has 1 heterocycles. The molecular weight excluding hydrogens is 385 g/mol. The van der Waals surface area contributed by atoms with Gasteiger partial charge in [0.1, 0.15) is 17.1 Å². The number of primary amides is 1. The van der Waals surface area contributed by atoms with Crippen LogP contribution in [0.1, 0.15) is 18.4 Å². The standard InChI is InChI=1S/C22H20FN5O2/c23-16-6-8-17(9-7-16)28(20(30)22(11-12-22)19(24)29)18-10-13-25-21(27-18)26-14-15-4-2-1-3-5-15/h1-10,13H,11-12,14H2,(H2,24,29)(H,25,26,27). The lowest BCUT2D eigenvalue weighted by Crippen LogP contribution is -2.41. The molecule has 0 saturated heterocycles. The largest absolute Gasteiger partial charge is 0.369 e. The number of nitrogens with zero attached hydrogens (tertiary/aromatic N) is 3. The lowest BCUT2D eigenvalue weighted by atomic mass is 10.0. The third kappa shape index (κ3) is 3.84. The van der Waals surface area contributed by atoms with Crippen LogP contribution in [-0.2, 0) is 16.1 Å². The molecule has 3 aromatic rings. The highest BCUT2D eigenvalue weighted by Crippen LogP contribution is 2.48. The van der Waals surface area contributed by atoms with Gasteiger partial charge in [0.15, 0.2) is 0 Å². The van der Waals surface area contributed by atoms with Crippen molar-refractivity contribution in [2.75, 3.05) is 10.2 Å². The number of anilines is 3. The second kappa shape index (κ2) is 7.90. The molecule has 1 aliphatic carbocycles. The molecule has 2 amide bonds. The summed E-state index contributed by atoms with van der Waals surface area (Å²) in [5, 5.41) is 3.12. The zero-order chi connectivity index (χ0) is 21.1. The quantitative estimate of drug-likeness (QED) is 0.588. The maximum absolute atomic E-state index is 13.4. The first kappa shape index (κ1) is 19.5. The maximum Gasteiger partial charge on any atom is 0.248 e. The minimum Gasteiger partial charge on any atom is -0.369 e. The molecular formula is C22H20FN5O2. The van der Waals surface area contributed by atoms with Gasteiger partial charge in [-0.05, 0) is 42.7 Å². The van der Waals surface area contributed by atoms with E-state index in [0.717, 1.165) is 5.56 Å². The van der Waals surface area contributed by atoms with E-state index in [1.54, 1.807) is 6.07 Å². The molecule has 1 saturated carbocycles. The Hall–Kier alpha value is -3.81. The number of nitrogens with two attached hydrogens (primary N) is 1. The average molecular weight is 405 g/mol. The van der Waals surface area contributed by atoms with E-state index in [2.05, 4.69) is 15.3 Å². The molecule has 4 rings (SSSR count). The normalized spacial score (nSPS) is 14.0. The molecule has 3 N–H and O–H groups in total. The second-order valence-electron chi connectivity index (χ2n) is 7.14. The van der Waals surface area contributed by atoms with E-state index in [4.69, 9.17) is 5.73 Å². The molecule has 0 unspecified atom stereocenters. The summed E-state index contributed by atoms with van der Waals surface area (Å²) in [6.07, 6.45) is 2.27. The van der Waals surface area contributed by atoms with E-state index in [1.807, 2.05) is 30.3 Å². The number of nitrogens with one attached hydrogen (secondary N) is 1. The van der Waals surface area contributed by atoms with Crippen LogP contribution >= 0.6 is 0 Å². The van der Waals surface area contributed by atoms with Gasteiger partial charge in [-0.1, -0.05) is 30.3 Å². The van der Waals surface area contributed by atoms with Crippen LogP contribution in [0.4, 0.5) is 21.8 Å². The Morgan fingerprint density at radius 2 is 1.77 bits per heavy atom. The summed E-state index contributed by atoms with van der Waals surface area (Å²) in [5.41, 5.74) is 5.68. The van der Waals surface area contributed by atoms with E-state index in [9.17, 15) is 14.0 Å². The predicted molar refractivity (Wildman–Crippen MR) is 110 cm³/mol. The fraction of sp³-hybridized carbons (Fsp3) is 0.182. The highest BCUT2D eigenvalue weighted by atomic mass is 19.1. The molecule has 0 spiro atoms. The van der Waals surface area contributed by atoms with E-state index in [1.165, 1.54) is 35.4 Å². The highest BCUT2D eigenvalue weighted by Gasteiger charge is 2.57. The van der Waals surface area contributed by atoms with Crippen molar-refractivity contribution < 1.29 is 14.0 Å². The van der Waals surface area contributed by atoms with Gasteiger partial charge >= 0.3 is 0 Å². The third-order valence-corrected chi connectivity index (χ3v) is 5.08. The molecule has 7 nitrogen and oxygen atoms in total. The number of amides is 2. The minimum atomic E-state index is -1.25. The first-order valence-corrected chi connectivity index (χ1v) is 9.50. The van der Waals surface area contributed by atoms with E-state index in [-0.39, 0.29) is 5.82 Å². The number of benzene rings is 2. The summed E-state index contributed by atoms with van der Waals surface area (Å²) in [7, 11) is 0. The van der Waals surface area contributed by atoms with Crippen molar-refractivity contribution in [3.63, 3.8) is 0 Å². The molecule has 8 heteroatoms. The lowest BCUT2D eigenvalue weighted by Gasteiger charge is -2.25. The number of rotatable bonds is 7. The number of carbonyl (C=O) groups is 2. The summed E-state index contributed by atoms with van der Waals surface area (Å²) in [4.78, 5) is 35.2. The zero-order valence-electron chi connectivity index (χ0n) is 16.1. The van der Waals surface area contributed by atoms with Crippen LogP contribution in [0.5, 0.6) is 0 Å². The summed E-state index contributed by atoms with van der Waals surface area (Å²) >= 11 is 0. The summed E-state index contributed by atoms with van der Waals surface area (Å²) in [6.45, 7) is 0.500. The molecule has 1 aromatic heterocycles. The zero-order valence-corrected chi connectivity index (χ0v) is 16.1. The maximum atomic E-state index is 13.4. The summed E-state index contributed by atoms with van der Waals surface area (Å²) in [6, 6.07) is 16.7. The smallest absolute Gasteiger partial charge is 0.248 e. The number of carbonyl (C=O) groups excluding carboxylic acids is 2. The topological polar surface area (TPSA) is 101 Å². The molecule has 0 bridgehead atoms. The van der Waals surface area contributed by atoms with Crippen molar-refractivity contribution in [1.82, 2.24) is 9.97 Å². The van der Waals surface area contributed by atoms with Crippen LogP contribution in [0.25, 0.3) is 0 Å².